The van der Waals surface area contributed by atoms with Crippen molar-refractivity contribution in [2.24, 2.45) is 0 Å². The zero-order valence-corrected chi connectivity index (χ0v) is 28.9. The molecule has 43 heavy (non-hydrogen) atoms. The van der Waals surface area contributed by atoms with Gasteiger partial charge in [0.1, 0.15) is 18.7 Å². The van der Waals surface area contributed by atoms with E-state index in [4.69, 9.17) is 9.72 Å². The third-order valence-corrected chi connectivity index (χ3v) is 11.2. The maximum atomic E-state index is 13.2. The van der Waals surface area contributed by atoms with Gasteiger partial charge in [0, 0.05) is 42.4 Å². The highest BCUT2D eigenvalue weighted by Crippen LogP contribution is 2.41. The number of aryl methyl sites for hydroxylation is 2. The standard InChI is InChI=1S/C33H46BrN6O2P/c1-7-24-19-28(30(42-4)20-29(24)40-17-13-25(14-18-40)39-15-9-8-10-16-39)37-33-35-21-26(34)32(38-33)36-27-12-11-22(2)23(3)31(27)43(5,6)41/h11-12,19-21,25H,7-10,13-18H2,1-6H3,(H2,35,36,37,38). The van der Waals surface area contributed by atoms with Gasteiger partial charge in [0.15, 0.2) is 0 Å². The Hall–Kier alpha value is -2.61. The number of methoxy groups -OCH3 is 1. The van der Waals surface area contributed by atoms with Crippen LogP contribution in [0.1, 0.15) is 55.7 Å². The van der Waals surface area contributed by atoms with E-state index in [1.165, 1.54) is 56.4 Å². The van der Waals surface area contributed by atoms with Crippen LogP contribution < -0.4 is 25.6 Å². The summed E-state index contributed by atoms with van der Waals surface area (Å²) >= 11 is 3.60. The Labute approximate surface area is 265 Å². The Morgan fingerprint density at radius 3 is 2.40 bits per heavy atom. The van der Waals surface area contributed by atoms with Crippen molar-refractivity contribution >= 4 is 57.2 Å². The Balaban J connectivity index is 1.37. The molecule has 2 saturated heterocycles. The molecule has 3 aromatic rings. The van der Waals surface area contributed by atoms with Crippen LogP contribution in [-0.4, -0.2) is 67.5 Å². The lowest BCUT2D eigenvalue weighted by Gasteiger charge is -2.41. The molecule has 0 atom stereocenters. The van der Waals surface area contributed by atoms with Gasteiger partial charge < -0.3 is 29.7 Å². The fourth-order valence-electron chi connectivity index (χ4n) is 6.57. The number of nitrogens with one attached hydrogen (secondary N) is 2. The number of anilines is 5. The maximum absolute atomic E-state index is 13.2. The number of halogens is 1. The first-order valence-electron chi connectivity index (χ1n) is 15.5. The Kier molecular flexibility index (Phi) is 10.0. The average molecular weight is 670 g/mol. The normalized spacial score (nSPS) is 16.8. The quantitative estimate of drug-likeness (QED) is 0.225. The van der Waals surface area contributed by atoms with Gasteiger partial charge in [0.05, 0.1) is 23.0 Å². The Morgan fingerprint density at radius 2 is 1.74 bits per heavy atom. The summed E-state index contributed by atoms with van der Waals surface area (Å²) < 4.78 is 19.8. The molecule has 2 N–H and O–H groups in total. The number of piperidine rings is 2. The lowest BCUT2D eigenvalue weighted by atomic mass is 9.98. The van der Waals surface area contributed by atoms with E-state index in [2.05, 4.69) is 60.4 Å². The van der Waals surface area contributed by atoms with Crippen LogP contribution in [0.3, 0.4) is 0 Å². The molecule has 5 rings (SSSR count). The van der Waals surface area contributed by atoms with Crippen LogP contribution in [0.2, 0.25) is 0 Å². The molecule has 0 saturated carbocycles. The largest absolute Gasteiger partial charge is 0.494 e. The number of hydrogen-bond donors (Lipinski definition) is 2. The highest BCUT2D eigenvalue weighted by Gasteiger charge is 2.27. The first kappa shape index (κ1) is 31.8. The molecule has 0 amide bonds. The van der Waals surface area contributed by atoms with E-state index in [1.54, 1.807) is 26.6 Å². The smallest absolute Gasteiger partial charge is 0.229 e. The number of rotatable bonds is 9. The summed E-state index contributed by atoms with van der Waals surface area (Å²) in [5, 5.41) is 7.67. The van der Waals surface area contributed by atoms with Crippen molar-refractivity contribution in [1.82, 2.24) is 14.9 Å². The molecule has 10 heteroatoms. The second-order valence-corrected chi connectivity index (χ2v) is 16.2. The topological polar surface area (TPSA) is 82.6 Å². The summed E-state index contributed by atoms with van der Waals surface area (Å²) in [6.07, 6.45) is 9.13. The lowest BCUT2D eigenvalue weighted by molar-refractivity contribution is 0.141. The van der Waals surface area contributed by atoms with Crippen molar-refractivity contribution in [3.05, 3.63) is 51.6 Å². The van der Waals surface area contributed by atoms with E-state index >= 15 is 0 Å². The third kappa shape index (κ3) is 7.21. The fourth-order valence-corrected chi connectivity index (χ4v) is 8.56. The summed E-state index contributed by atoms with van der Waals surface area (Å²) in [4.78, 5) is 14.6. The molecule has 0 unspecified atom stereocenters. The first-order valence-corrected chi connectivity index (χ1v) is 18.9. The van der Waals surface area contributed by atoms with Gasteiger partial charge in [-0.1, -0.05) is 19.4 Å². The van der Waals surface area contributed by atoms with Gasteiger partial charge in [-0.15, -0.1) is 0 Å². The van der Waals surface area contributed by atoms with Crippen LogP contribution in [0.5, 0.6) is 5.75 Å². The van der Waals surface area contributed by atoms with Crippen LogP contribution in [0, 0.1) is 13.8 Å². The van der Waals surface area contributed by atoms with Crippen molar-refractivity contribution in [3.8, 4) is 5.75 Å². The van der Waals surface area contributed by atoms with Gasteiger partial charge in [0.25, 0.3) is 0 Å². The lowest BCUT2D eigenvalue weighted by Crippen LogP contribution is -2.46. The molecule has 2 aliphatic heterocycles. The van der Waals surface area contributed by atoms with Gasteiger partial charge in [-0.2, -0.15) is 4.98 Å². The van der Waals surface area contributed by atoms with Crippen molar-refractivity contribution in [2.75, 3.05) is 62.2 Å². The van der Waals surface area contributed by atoms with Gasteiger partial charge in [-0.05, 0) is 117 Å². The van der Waals surface area contributed by atoms with Gasteiger partial charge >= 0.3 is 0 Å². The van der Waals surface area contributed by atoms with Crippen LogP contribution in [0.4, 0.5) is 28.8 Å². The average Bonchev–Trinajstić information content (AvgIpc) is 3.00. The van der Waals surface area contributed by atoms with E-state index in [9.17, 15) is 4.57 Å². The molecule has 3 heterocycles. The van der Waals surface area contributed by atoms with Gasteiger partial charge in [-0.25, -0.2) is 4.98 Å². The number of nitrogens with zero attached hydrogens (tertiary/aromatic N) is 4. The third-order valence-electron chi connectivity index (χ3n) is 8.98. The molecule has 0 aliphatic carbocycles. The number of aromatic nitrogens is 2. The van der Waals surface area contributed by atoms with Gasteiger partial charge in [0.2, 0.25) is 5.95 Å². The highest BCUT2D eigenvalue weighted by molar-refractivity contribution is 9.10. The number of ether oxygens (including phenoxy) is 1. The summed E-state index contributed by atoms with van der Waals surface area (Å²) in [6, 6.07) is 9.07. The zero-order chi connectivity index (χ0) is 30.7. The van der Waals surface area contributed by atoms with E-state index in [1.807, 2.05) is 26.0 Å². The van der Waals surface area contributed by atoms with Crippen LogP contribution in [0.25, 0.3) is 0 Å². The SMILES string of the molecule is CCc1cc(Nc2ncc(Br)c(Nc3ccc(C)c(C)c3P(C)(C)=O)n2)c(OC)cc1N1CCC(N2CCCCC2)CC1. The molecular formula is C33H46BrN6O2P. The number of hydrogen-bond acceptors (Lipinski definition) is 8. The molecule has 232 valence electrons. The monoisotopic (exact) mass is 668 g/mol. The molecule has 0 spiro atoms. The van der Waals surface area contributed by atoms with Crippen LogP contribution >= 0.6 is 23.1 Å². The molecule has 1 aromatic heterocycles. The van der Waals surface area contributed by atoms with E-state index < -0.39 is 7.14 Å². The van der Waals surface area contributed by atoms with E-state index in [0.29, 0.717) is 22.3 Å². The second-order valence-electron chi connectivity index (χ2n) is 12.2. The van der Waals surface area contributed by atoms with Crippen LogP contribution in [0.15, 0.2) is 34.9 Å². The van der Waals surface area contributed by atoms with Crippen molar-refractivity contribution in [1.29, 1.82) is 0 Å². The molecule has 0 radical (unpaired) electrons. The predicted octanol–water partition coefficient (Wildman–Crippen LogP) is 7.62. The molecule has 2 fully saturated rings. The van der Waals surface area contributed by atoms with Crippen molar-refractivity contribution in [3.63, 3.8) is 0 Å². The number of likely N-dealkylation sites (tertiary alicyclic amines) is 1. The van der Waals surface area contributed by atoms with Crippen molar-refractivity contribution < 1.29 is 9.30 Å². The Bertz CT molecular complexity index is 1500. The molecule has 2 aromatic carbocycles. The minimum Gasteiger partial charge on any atom is -0.494 e. The van der Waals surface area contributed by atoms with E-state index in [-0.39, 0.29) is 0 Å². The minimum absolute atomic E-state index is 0.447. The minimum atomic E-state index is -2.55. The molecule has 2 aliphatic rings. The zero-order valence-electron chi connectivity index (χ0n) is 26.5. The van der Waals surface area contributed by atoms with Crippen LogP contribution in [-0.2, 0) is 11.0 Å². The van der Waals surface area contributed by atoms with Crippen molar-refractivity contribution in [2.45, 2.75) is 65.3 Å². The summed E-state index contributed by atoms with van der Waals surface area (Å²) in [5.41, 5.74) is 6.30. The Morgan fingerprint density at radius 1 is 1.02 bits per heavy atom. The molecule has 0 bridgehead atoms. The maximum Gasteiger partial charge on any atom is 0.229 e. The first-order chi connectivity index (χ1) is 20.6. The predicted molar refractivity (Wildman–Crippen MR) is 184 cm³/mol. The summed E-state index contributed by atoms with van der Waals surface area (Å²) in [7, 11) is -0.835. The summed E-state index contributed by atoms with van der Waals surface area (Å²) in [5.74, 6) is 1.81. The highest BCUT2D eigenvalue weighted by atomic mass is 79.9. The fraction of sp³-hybridized carbons (Fsp3) is 0.515. The number of benzene rings is 2. The van der Waals surface area contributed by atoms with Gasteiger partial charge in [-0.3, -0.25) is 0 Å². The molecule has 8 nitrogen and oxygen atoms in total. The second kappa shape index (κ2) is 13.6. The summed E-state index contributed by atoms with van der Waals surface area (Å²) in [6.45, 7) is 14.5. The van der Waals surface area contributed by atoms with E-state index in [0.717, 1.165) is 53.1 Å². The molecular weight excluding hydrogens is 623 g/mol.